The first-order valence-electron chi connectivity index (χ1n) is 3.84. The molecule has 1 rings (SSSR count). The first-order valence-corrected chi connectivity index (χ1v) is 4.64. The summed E-state index contributed by atoms with van der Waals surface area (Å²) in [5.74, 6) is -0.489. The van der Waals surface area contributed by atoms with Gasteiger partial charge in [0, 0.05) is 22.3 Å². The van der Waals surface area contributed by atoms with Crippen molar-refractivity contribution in [2.75, 3.05) is 0 Å². The molecular weight excluding hydrogens is 186 g/mol. The molecule has 0 aliphatic rings. The summed E-state index contributed by atoms with van der Waals surface area (Å²) in [6, 6.07) is 6.89. The van der Waals surface area contributed by atoms with Gasteiger partial charge in [-0.3, -0.25) is 4.79 Å². The van der Waals surface area contributed by atoms with E-state index in [1.165, 1.54) is 0 Å². The molecule has 0 aliphatic carbocycles. The Hall–Kier alpha value is -1.29. The van der Waals surface area contributed by atoms with Crippen LogP contribution in [0.3, 0.4) is 0 Å². The molecule has 0 saturated heterocycles. The maximum atomic E-state index is 11.0. The fraction of sp³-hybridized carbons (Fsp3) is 0.222. The molecule has 3 nitrogen and oxygen atoms in total. The lowest BCUT2D eigenvalue weighted by Gasteiger charge is -2.01. The second-order valence-corrected chi connectivity index (χ2v) is 3.59. The summed E-state index contributed by atoms with van der Waals surface area (Å²) in [6.07, 6.45) is 0. The average molecular weight is 196 g/mol. The van der Waals surface area contributed by atoms with E-state index in [0.29, 0.717) is 22.8 Å². The molecule has 1 aromatic carbocycles. The van der Waals surface area contributed by atoms with Crippen LogP contribution in [0.2, 0.25) is 0 Å². The van der Waals surface area contributed by atoms with Crippen molar-refractivity contribution in [1.29, 1.82) is 0 Å². The Labute approximate surface area is 80.4 Å². The first-order chi connectivity index (χ1) is 6.16. The van der Waals surface area contributed by atoms with Crippen LogP contribution in [0.25, 0.3) is 0 Å². The van der Waals surface area contributed by atoms with E-state index in [9.17, 15) is 9.00 Å². The Morgan fingerprint density at radius 3 is 2.62 bits per heavy atom. The molecule has 1 atom stereocenters. The van der Waals surface area contributed by atoms with Crippen molar-refractivity contribution in [3.05, 3.63) is 35.4 Å². The molecule has 2 N–H and O–H groups in total. The number of carbonyl (C=O) groups excluding carboxylic acids is 1. The maximum absolute atomic E-state index is 11.0. The van der Waals surface area contributed by atoms with E-state index >= 15 is 0 Å². The molecule has 0 radical (unpaired) electrons. The summed E-state index contributed by atoms with van der Waals surface area (Å²) in [4.78, 5) is 11.0. The lowest BCUT2D eigenvalue weighted by molar-refractivity contribution is 0.0999. The molecule has 1 aromatic rings. The summed E-state index contributed by atoms with van der Waals surface area (Å²) in [6.45, 7) is 1.75. The predicted molar refractivity (Wildman–Crippen MR) is 51.4 cm³/mol. The number of primary amides is 1. The average Bonchev–Trinajstić information content (AvgIpc) is 2.16. The highest BCUT2D eigenvalue weighted by atomic mass is 32.1. The molecule has 0 fully saturated rings. The van der Waals surface area contributed by atoms with E-state index in [0.717, 1.165) is 0 Å². The van der Waals surface area contributed by atoms with Gasteiger partial charge in [0.15, 0.2) is 0 Å². The van der Waals surface area contributed by atoms with Gasteiger partial charge in [0.2, 0.25) is 5.91 Å². The number of hydrogen-bond donors (Lipinski definition) is 1. The molecule has 0 heterocycles. The van der Waals surface area contributed by atoms with Gasteiger partial charge < -0.3 is 5.73 Å². The largest absolute Gasteiger partial charge is 0.466 e. The molecule has 68 valence electrons. The van der Waals surface area contributed by atoms with Gasteiger partial charge in [-0.15, -0.1) is 0 Å². The van der Waals surface area contributed by atoms with Crippen molar-refractivity contribution in [3.8, 4) is 0 Å². The number of hydrogen-bond acceptors (Lipinski definition) is 2. The quantitative estimate of drug-likeness (QED) is 0.740. The molecule has 0 aliphatic heterocycles. The Kier molecular flexibility index (Phi) is 3.08. The minimum Gasteiger partial charge on any atom is -0.366 e. The Balaban J connectivity index is 3.19. The zero-order chi connectivity index (χ0) is 9.84. The van der Waals surface area contributed by atoms with Gasteiger partial charge in [0.05, 0.1) is 0 Å². The number of rotatable bonds is 3. The zero-order valence-corrected chi connectivity index (χ0v) is 8.01. The summed E-state index contributed by atoms with van der Waals surface area (Å²) >= 11 is 0.452. The van der Waals surface area contributed by atoms with Crippen molar-refractivity contribution >= 4 is 17.6 Å². The molecule has 13 heavy (non-hydrogen) atoms. The van der Waals surface area contributed by atoms with Crippen LogP contribution in [-0.2, 0) is 15.9 Å². The highest BCUT2D eigenvalue weighted by molar-refractivity contribution is 7.65. The third kappa shape index (κ3) is 2.09. The lowest BCUT2D eigenvalue weighted by Crippen LogP contribution is -2.14. The normalized spacial score (nSPS) is 12.1. The van der Waals surface area contributed by atoms with Gasteiger partial charge in [-0.1, -0.05) is 18.2 Å². The van der Waals surface area contributed by atoms with Crippen LogP contribution in [-0.4, -0.2) is 5.91 Å². The van der Waals surface area contributed by atoms with E-state index in [1.54, 1.807) is 31.2 Å². The number of carbonyl (C=O) groups is 1. The summed E-state index contributed by atoms with van der Waals surface area (Å²) in [7, 11) is 0. The molecule has 0 bridgehead atoms. The van der Waals surface area contributed by atoms with Crippen LogP contribution in [0.1, 0.15) is 28.1 Å². The Morgan fingerprint density at radius 2 is 2.08 bits per heavy atom. The van der Waals surface area contributed by atoms with E-state index in [1.807, 2.05) is 0 Å². The monoisotopic (exact) mass is 196 g/mol. The summed E-state index contributed by atoms with van der Waals surface area (Å²) in [5, 5.41) is -0.247. The smallest absolute Gasteiger partial charge is 0.366 e. The van der Waals surface area contributed by atoms with E-state index in [4.69, 9.17) is 5.73 Å². The number of nitrogens with two attached hydrogens (primary N) is 1. The summed E-state index contributed by atoms with van der Waals surface area (Å²) in [5.41, 5.74) is 6.29. The molecular formula is C9H10NO2S+. The van der Waals surface area contributed by atoms with Crippen molar-refractivity contribution < 1.29 is 9.00 Å². The highest BCUT2D eigenvalue weighted by Gasteiger charge is 2.22. The topological polar surface area (TPSA) is 60.2 Å². The lowest BCUT2D eigenvalue weighted by atomic mass is 10.0. The van der Waals surface area contributed by atoms with Crippen molar-refractivity contribution in [3.63, 3.8) is 0 Å². The molecule has 0 saturated carbocycles. The molecule has 1 amide bonds. The van der Waals surface area contributed by atoms with Crippen LogP contribution in [0.4, 0.5) is 0 Å². The van der Waals surface area contributed by atoms with Crippen LogP contribution < -0.4 is 5.73 Å². The van der Waals surface area contributed by atoms with E-state index in [2.05, 4.69) is 0 Å². The third-order valence-corrected chi connectivity index (χ3v) is 2.35. The minimum absolute atomic E-state index is 0.247. The van der Waals surface area contributed by atoms with Gasteiger partial charge in [0.25, 0.3) is 5.25 Å². The SMILES string of the molecule is CC([S+]=O)c1ccccc1C(N)=O. The predicted octanol–water partition coefficient (Wildman–Crippen LogP) is 1.27. The fourth-order valence-corrected chi connectivity index (χ4v) is 1.44. The zero-order valence-electron chi connectivity index (χ0n) is 7.19. The third-order valence-electron chi connectivity index (χ3n) is 1.81. The number of benzene rings is 1. The molecule has 0 aromatic heterocycles. The maximum Gasteiger partial charge on any atom is 0.466 e. The van der Waals surface area contributed by atoms with Crippen LogP contribution in [0.5, 0.6) is 0 Å². The Morgan fingerprint density at radius 1 is 1.46 bits per heavy atom. The molecule has 0 spiro atoms. The van der Waals surface area contributed by atoms with Crippen molar-refractivity contribution in [2.45, 2.75) is 12.2 Å². The second kappa shape index (κ2) is 4.09. The standard InChI is InChI=1S/C9H9NO2S/c1-6(13-12)7-4-2-3-5-8(7)9(10)11/h2-6H,1H3,(H-,10,11)/p+1. The van der Waals surface area contributed by atoms with Gasteiger partial charge in [0.1, 0.15) is 0 Å². The van der Waals surface area contributed by atoms with Gasteiger partial charge in [-0.2, -0.15) is 0 Å². The molecule has 4 heteroatoms. The van der Waals surface area contributed by atoms with E-state index < -0.39 is 5.91 Å². The van der Waals surface area contributed by atoms with Gasteiger partial charge >= 0.3 is 11.7 Å². The highest BCUT2D eigenvalue weighted by Crippen LogP contribution is 2.18. The van der Waals surface area contributed by atoms with Crippen molar-refractivity contribution in [1.82, 2.24) is 0 Å². The van der Waals surface area contributed by atoms with Gasteiger partial charge in [-0.05, 0) is 6.07 Å². The second-order valence-electron chi connectivity index (χ2n) is 2.69. The minimum atomic E-state index is -0.489. The number of amides is 1. The van der Waals surface area contributed by atoms with E-state index in [-0.39, 0.29) is 5.25 Å². The van der Waals surface area contributed by atoms with Gasteiger partial charge in [-0.25, -0.2) is 0 Å². The first kappa shape index (κ1) is 9.80. The molecule has 1 unspecified atom stereocenters. The van der Waals surface area contributed by atoms with Crippen LogP contribution in [0.15, 0.2) is 24.3 Å². The van der Waals surface area contributed by atoms with Crippen LogP contribution >= 0.6 is 0 Å². The van der Waals surface area contributed by atoms with Crippen LogP contribution in [0, 0.1) is 0 Å². The van der Waals surface area contributed by atoms with Crippen molar-refractivity contribution in [2.24, 2.45) is 5.73 Å². The fourth-order valence-electron chi connectivity index (χ4n) is 1.13. The Bertz CT molecular complexity index is 338. The summed E-state index contributed by atoms with van der Waals surface area (Å²) < 4.78 is 10.6.